The van der Waals surface area contributed by atoms with Crippen molar-refractivity contribution in [2.75, 3.05) is 11.9 Å². The van der Waals surface area contributed by atoms with Gasteiger partial charge in [-0.15, -0.1) is 0 Å². The minimum atomic E-state index is 0.901. The van der Waals surface area contributed by atoms with Crippen LogP contribution >= 0.6 is 22.6 Å². The summed E-state index contributed by atoms with van der Waals surface area (Å²) in [5, 5.41) is 3.35. The van der Waals surface area contributed by atoms with Crippen molar-refractivity contribution in [2.24, 2.45) is 0 Å². The quantitative estimate of drug-likeness (QED) is 0.661. The third kappa shape index (κ3) is 3.38. The lowest BCUT2D eigenvalue weighted by molar-refractivity contribution is 1.29. The van der Waals surface area contributed by atoms with E-state index in [1.807, 2.05) is 6.92 Å². The number of hydrogen-bond donors (Lipinski definition) is 1. The number of halogens is 1. The molecule has 0 spiro atoms. The Kier molecular flexibility index (Phi) is 4.28. The molecule has 0 unspecified atom stereocenters. The van der Waals surface area contributed by atoms with E-state index in [0.29, 0.717) is 0 Å². The predicted molar refractivity (Wildman–Crippen MR) is 67.2 cm³/mol. The molecule has 1 aromatic carbocycles. The van der Waals surface area contributed by atoms with Crippen LogP contribution in [0.2, 0.25) is 0 Å². The van der Waals surface area contributed by atoms with Gasteiger partial charge in [-0.05, 0) is 60.2 Å². The second kappa shape index (κ2) is 5.27. The van der Waals surface area contributed by atoms with Gasteiger partial charge in [-0.25, -0.2) is 0 Å². The summed E-state index contributed by atoms with van der Waals surface area (Å²) in [5.74, 6) is 0. The molecule has 70 valence electrons. The summed E-state index contributed by atoms with van der Waals surface area (Å²) >= 11 is 2.33. The first kappa shape index (κ1) is 10.6. The molecule has 0 aromatic heterocycles. The molecule has 0 saturated heterocycles. The SMILES string of the molecule is C/C=C/CNc1ccc(I)cc1C. The van der Waals surface area contributed by atoms with E-state index >= 15 is 0 Å². The molecule has 13 heavy (non-hydrogen) atoms. The van der Waals surface area contributed by atoms with Crippen LogP contribution in [0.25, 0.3) is 0 Å². The van der Waals surface area contributed by atoms with Gasteiger partial charge in [0.25, 0.3) is 0 Å². The highest BCUT2D eigenvalue weighted by Gasteiger charge is 1.95. The Hall–Kier alpha value is -0.510. The molecule has 0 heterocycles. The molecule has 0 aliphatic heterocycles. The minimum absolute atomic E-state index is 0.901. The van der Waals surface area contributed by atoms with E-state index in [1.54, 1.807) is 0 Å². The number of hydrogen-bond acceptors (Lipinski definition) is 1. The van der Waals surface area contributed by atoms with Crippen molar-refractivity contribution in [2.45, 2.75) is 13.8 Å². The maximum atomic E-state index is 3.35. The average molecular weight is 287 g/mol. The highest BCUT2D eigenvalue weighted by atomic mass is 127. The molecule has 1 nitrogen and oxygen atoms in total. The molecule has 0 aliphatic carbocycles. The fraction of sp³-hybridized carbons (Fsp3) is 0.273. The first-order chi connectivity index (χ1) is 6.24. The Bertz CT molecular complexity index is 305. The number of rotatable bonds is 3. The maximum absolute atomic E-state index is 3.35. The van der Waals surface area contributed by atoms with E-state index in [0.717, 1.165) is 6.54 Å². The zero-order valence-corrected chi connectivity index (χ0v) is 10.1. The zero-order valence-electron chi connectivity index (χ0n) is 7.97. The number of aryl methyl sites for hydroxylation is 1. The van der Waals surface area contributed by atoms with Crippen LogP contribution in [0, 0.1) is 10.5 Å². The van der Waals surface area contributed by atoms with Gasteiger partial charge in [-0.2, -0.15) is 0 Å². The highest BCUT2D eigenvalue weighted by Crippen LogP contribution is 2.17. The predicted octanol–water partition coefficient (Wildman–Crippen LogP) is 3.59. The van der Waals surface area contributed by atoms with Crippen molar-refractivity contribution >= 4 is 28.3 Å². The molecule has 1 rings (SSSR count). The largest absolute Gasteiger partial charge is 0.381 e. The Morgan fingerprint density at radius 1 is 1.46 bits per heavy atom. The van der Waals surface area contributed by atoms with Crippen molar-refractivity contribution in [3.05, 3.63) is 39.5 Å². The molecule has 1 N–H and O–H groups in total. The second-order valence-electron chi connectivity index (χ2n) is 2.91. The van der Waals surface area contributed by atoms with Crippen molar-refractivity contribution < 1.29 is 0 Å². The number of anilines is 1. The van der Waals surface area contributed by atoms with Crippen LogP contribution < -0.4 is 5.32 Å². The van der Waals surface area contributed by atoms with Crippen LogP contribution in [0.3, 0.4) is 0 Å². The molecular weight excluding hydrogens is 273 g/mol. The minimum Gasteiger partial charge on any atom is -0.381 e. The van der Waals surface area contributed by atoms with E-state index in [2.05, 4.69) is 65.2 Å². The molecule has 0 aliphatic rings. The van der Waals surface area contributed by atoms with E-state index in [-0.39, 0.29) is 0 Å². The van der Waals surface area contributed by atoms with Crippen LogP contribution in [0.15, 0.2) is 30.4 Å². The zero-order chi connectivity index (χ0) is 9.68. The van der Waals surface area contributed by atoms with Crippen LogP contribution in [0.4, 0.5) is 5.69 Å². The third-order valence-electron chi connectivity index (χ3n) is 1.83. The monoisotopic (exact) mass is 287 g/mol. The summed E-state index contributed by atoms with van der Waals surface area (Å²) in [5.41, 5.74) is 2.52. The smallest absolute Gasteiger partial charge is 0.0373 e. The lowest BCUT2D eigenvalue weighted by atomic mass is 10.2. The van der Waals surface area contributed by atoms with Gasteiger partial charge in [0, 0.05) is 15.8 Å². The lowest BCUT2D eigenvalue weighted by Crippen LogP contribution is -1.99. The lowest BCUT2D eigenvalue weighted by Gasteiger charge is -2.07. The van der Waals surface area contributed by atoms with E-state index in [9.17, 15) is 0 Å². The van der Waals surface area contributed by atoms with Crippen molar-refractivity contribution in [1.29, 1.82) is 0 Å². The number of benzene rings is 1. The van der Waals surface area contributed by atoms with Gasteiger partial charge >= 0.3 is 0 Å². The van der Waals surface area contributed by atoms with Crippen molar-refractivity contribution in [3.63, 3.8) is 0 Å². The standard InChI is InChI=1S/C11H14IN/c1-3-4-7-13-11-6-5-10(12)8-9(11)2/h3-6,8,13H,7H2,1-2H3/b4-3+. The van der Waals surface area contributed by atoms with Gasteiger partial charge in [0.15, 0.2) is 0 Å². The molecule has 0 fully saturated rings. The first-order valence-corrected chi connectivity index (χ1v) is 5.43. The van der Waals surface area contributed by atoms with Gasteiger partial charge in [0.2, 0.25) is 0 Å². The first-order valence-electron chi connectivity index (χ1n) is 4.35. The second-order valence-corrected chi connectivity index (χ2v) is 4.15. The summed E-state index contributed by atoms with van der Waals surface area (Å²) in [4.78, 5) is 0. The fourth-order valence-corrected chi connectivity index (χ4v) is 1.76. The topological polar surface area (TPSA) is 12.0 Å². The summed E-state index contributed by atoms with van der Waals surface area (Å²) in [6.07, 6.45) is 4.16. The molecule has 1 aromatic rings. The summed E-state index contributed by atoms with van der Waals surface area (Å²) in [6.45, 7) is 5.06. The van der Waals surface area contributed by atoms with Gasteiger partial charge in [0.05, 0.1) is 0 Å². The maximum Gasteiger partial charge on any atom is 0.0373 e. The van der Waals surface area contributed by atoms with Gasteiger partial charge in [0.1, 0.15) is 0 Å². The summed E-state index contributed by atoms with van der Waals surface area (Å²) in [6, 6.07) is 6.42. The third-order valence-corrected chi connectivity index (χ3v) is 2.51. The number of nitrogens with one attached hydrogen (secondary N) is 1. The van der Waals surface area contributed by atoms with E-state index in [1.165, 1.54) is 14.8 Å². The van der Waals surface area contributed by atoms with Crippen molar-refractivity contribution in [1.82, 2.24) is 0 Å². The van der Waals surface area contributed by atoms with E-state index < -0.39 is 0 Å². The molecule has 2 heteroatoms. The number of allylic oxidation sites excluding steroid dienone is 1. The molecule has 0 amide bonds. The van der Waals surface area contributed by atoms with E-state index in [4.69, 9.17) is 0 Å². The van der Waals surface area contributed by atoms with Gasteiger partial charge < -0.3 is 5.32 Å². The fourth-order valence-electron chi connectivity index (χ4n) is 1.11. The van der Waals surface area contributed by atoms with Gasteiger partial charge in [-0.1, -0.05) is 12.2 Å². The Morgan fingerprint density at radius 3 is 2.85 bits per heavy atom. The summed E-state index contributed by atoms with van der Waals surface area (Å²) < 4.78 is 1.28. The summed E-state index contributed by atoms with van der Waals surface area (Å²) in [7, 11) is 0. The van der Waals surface area contributed by atoms with Crippen LogP contribution in [-0.4, -0.2) is 6.54 Å². The Balaban J connectivity index is 2.66. The molecule has 0 saturated carbocycles. The molecular formula is C11H14IN. The normalized spacial score (nSPS) is 10.7. The van der Waals surface area contributed by atoms with Gasteiger partial charge in [-0.3, -0.25) is 0 Å². The van der Waals surface area contributed by atoms with Crippen molar-refractivity contribution in [3.8, 4) is 0 Å². The Labute approximate surface area is 93.4 Å². The molecule has 0 bridgehead atoms. The molecule has 0 radical (unpaired) electrons. The molecule has 0 atom stereocenters. The van der Waals surface area contributed by atoms with Crippen LogP contribution in [0.5, 0.6) is 0 Å². The van der Waals surface area contributed by atoms with Crippen LogP contribution in [-0.2, 0) is 0 Å². The Morgan fingerprint density at radius 2 is 2.23 bits per heavy atom. The average Bonchev–Trinajstić information content (AvgIpc) is 2.09. The highest BCUT2D eigenvalue weighted by molar-refractivity contribution is 14.1. The van der Waals surface area contributed by atoms with Crippen LogP contribution in [0.1, 0.15) is 12.5 Å².